The average Bonchev–Trinajstić information content (AvgIpc) is 2.88. The first kappa shape index (κ1) is 14.1. The molecule has 0 radical (unpaired) electrons. The third-order valence-electron chi connectivity index (χ3n) is 2.74. The topological polar surface area (TPSA) is 37.8 Å². The Bertz CT molecular complexity index is 513. The number of hydrogen-bond donors (Lipinski definition) is 1. The van der Waals surface area contributed by atoms with E-state index in [1.165, 1.54) is 17.4 Å². The first-order chi connectivity index (χ1) is 9.31. The molecule has 0 saturated carbocycles. The fraction of sp³-hybridized carbons (Fsp3) is 0.429. The van der Waals surface area contributed by atoms with Crippen LogP contribution in [-0.4, -0.2) is 23.3 Å². The van der Waals surface area contributed by atoms with Crippen LogP contribution in [0.4, 0.5) is 4.39 Å². The molecule has 0 saturated heterocycles. The molecule has 1 aromatic heterocycles. The monoisotopic (exact) mass is 279 g/mol. The lowest BCUT2D eigenvalue weighted by Crippen LogP contribution is -2.16. The van der Waals surface area contributed by atoms with Gasteiger partial charge in [0.2, 0.25) is 0 Å². The largest absolute Gasteiger partial charge is 0.317 e. The Morgan fingerprint density at radius 1 is 1.21 bits per heavy atom. The summed E-state index contributed by atoms with van der Waals surface area (Å²) in [5.41, 5.74) is 0.537. The minimum Gasteiger partial charge on any atom is -0.317 e. The van der Waals surface area contributed by atoms with E-state index in [0.29, 0.717) is 10.6 Å². The summed E-state index contributed by atoms with van der Waals surface area (Å²) in [5.74, 6) is -0.241. The fourth-order valence-corrected chi connectivity index (χ4v) is 2.67. The zero-order chi connectivity index (χ0) is 13.5. The fourth-order valence-electron chi connectivity index (χ4n) is 1.76. The van der Waals surface area contributed by atoms with Gasteiger partial charge >= 0.3 is 0 Å². The van der Waals surface area contributed by atoms with E-state index in [1.807, 2.05) is 6.07 Å². The summed E-state index contributed by atoms with van der Waals surface area (Å²) in [6.07, 6.45) is 3.07. The maximum Gasteiger partial charge on any atom is 0.150 e. The van der Waals surface area contributed by atoms with Crippen molar-refractivity contribution in [2.45, 2.75) is 26.2 Å². The zero-order valence-electron chi connectivity index (χ0n) is 11.0. The summed E-state index contributed by atoms with van der Waals surface area (Å²) in [6.45, 7) is 4.19. The molecular formula is C14H18FN3S. The van der Waals surface area contributed by atoms with Gasteiger partial charge < -0.3 is 5.32 Å². The van der Waals surface area contributed by atoms with Gasteiger partial charge in [-0.15, -0.1) is 10.2 Å². The molecule has 0 aliphatic carbocycles. The summed E-state index contributed by atoms with van der Waals surface area (Å²) in [7, 11) is 0. The Labute approximate surface area is 116 Å². The van der Waals surface area contributed by atoms with Crippen molar-refractivity contribution in [3.63, 3.8) is 0 Å². The quantitative estimate of drug-likeness (QED) is 0.790. The third kappa shape index (κ3) is 4.08. The lowest BCUT2D eigenvalue weighted by Gasteiger charge is -2.00. The number of aryl methyl sites for hydroxylation is 1. The van der Waals surface area contributed by atoms with Crippen LogP contribution in [0.5, 0.6) is 0 Å². The summed E-state index contributed by atoms with van der Waals surface area (Å²) in [6, 6.07) is 6.68. The normalized spacial score (nSPS) is 10.8. The zero-order valence-corrected chi connectivity index (χ0v) is 11.8. The molecule has 19 heavy (non-hydrogen) atoms. The van der Waals surface area contributed by atoms with Gasteiger partial charge in [-0.05, 0) is 38.1 Å². The Morgan fingerprint density at radius 2 is 2.05 bits per heavy atom. The molecule has 0 unspecified atom stereocenters. The van der Waals surface area contributed by atoms with Gasteiger partial charge in [-0.25, -0.2) is 4.39 Å². The maximum absolute atomic E-state index is 13.6. The SMILES string of the molecule is CCCNCCCc1nnc(-c2ccccc2F)s1. The highest BCUT2D eigenvalue weighted by Gasteiger charge is 2.10. The predicted molar refractivity (Wildman–Crippen MR) is 76.8 cm³/mol. The molecule has 0 amide bonds. The van der Waals surface area contributed by atoms with Crippen molar-refractivity contribution in [2.24, 2.45) is 0 Å². The minimum absolute atomic E-state index is 0.241. The summed E-state index contributed by atoms with van der Waals surface area (Å²) in [4.78, 5) is 0. The van der Waals surface area contributed by atoms with E-state index in [9.17, 15) is 4.39 Å². The van der Waals surface area contributed by atoms with Crippen molar-refractivity contribution in [2.75, 3.05) is 13.1 Å². The van der Waals surface area contributed by atoms with Crippen molar-refractivity contribution in [1.82, 2.24) is 15.5 Å². The molecule has 0 aliphatic heterocycles. The van der Waals surface area contributed by atoms with Gasteiger partial charge in [0.1, 0.15) is 10.8 Å². The summed E-state index contributed by atoms with van der Waals surface area (Å²) >= 11 is 1.47. The highest BCUT2D eigenvalue weighted by Crippen LogP contribution is 2.26. The van der Waals surface area contributed by atoms with Crippen LogP contribution >= 0.6 is 11.3 Å². The molecule has 0 aliphatic rings. The van der Waals surface area contributed by atoms with Gasteiger partial charge in [-0.3, -0.25) is 0 Å². The number of nitrogens with zero attached hydrogens (tertiary/aromatic N) is 2. The second-order valence-corrected chi connectivity index (χ2v) is 5.40. The number of benzene rings is 1. The Kier molecular flexibility index (Phi) is 5.42. The van der Waals surface area contributed by atoms with Crippen molar-refractivity contribution in [3.8, 4) is 10.6 Å². The van der Waals surface area contributed by atoms with Crippen LogP contribution in [0, 0.1) is 5.82 Å². The Morgan fingerprint density at radius 3 is 2.84 bits per heavy atom. The summed E-state index contributed by atoms with van der Waals surface area (Å²) < 4.78 is 13.6. The third-order valence-corrected chi connectivity index (χ3v) is 3.76. The smallest absolute Gasteiger partial charge is 0.150 e. The van der Waals surface area contributed by atoms with Crippen molar-refractivity contribution < 1.29 is 4.39 Å². The predicted octanol–water partition coefficient (Wildman–Crippen LogP) is 3.28. The van der Waals surface area contributed by atoms with Crippen LogP contribution in [0.1, 0.15) is 24.8 Å². The molecule has 5 heteroatoms. The standard InChI is InChI=1S/C14H18FN3S/c1-2-9-16-10-5-8-13-17-18-14(19-13)11-6-3-4-7-12(11)15/h3-4,6-7,16H,2,5,8-10H2,1H3. The van der Waals surface area contributed by atoms with Crippen LogP contribution in [0.3, 0.4) is 0 Å². The molecule has 0 atom stereocenters. The molecule has 3 nitrogen and oxygen atoms in total. The van der Waals surface area contributed by atoms with Gasteiger partial charge in [0.25, 0.3) is 0 Å². The highest BCUT2D eigenvalue weighted by atomic mass is 32.1. The molecule has 0 spiro atoms. The van der Waals surface area contributed by atoms with Crippen LogP contribution in [0.25, 0.3) is 10.6 Å². The molecule has 1 aromatic carbocycles. The first-order valence-electron chi connectivity index (χ1n) is 6.59. The number of rotatable bonds is 7. The van der Waals surface area contributed by atoms with E-state index in [0.717, 1.165) is 37.4 Å². The highest BCUT2D eigenvalue weighted by molar-refractivity contribution is 7.14. The number of hydrogen-bond acceptors (Lipinski definition) is 4. The van der Waals surface area contributed by atoms with Crippen molar-refractivity contribution in [1.29, 1.82) is 0 Å². The Balaban J connectivity index is 1.91. The first-order valence-corrected chi connectivity index (χ1v) is 7.41. The van der Waals surface area contributed by atoms with Crippen LogP contribution in [0.2, 0.25) is 0 Å². The summed E-state index contributed by atoms with van der Waals surface area (Å²) in [5, 5.41) is 13.2. The second kappa shape index (κ2) is 7.31. The average molecular weight is 279 g/mol. The number of aromatic nitrogens is 2. The number of halogens is 1. The van der Waals surface area contributed by atoms with Gasteiger partial charge in [-0.2, -0.15) is 0 Å². The lowest BCUT2D eigenvalue weighted by molar-refractivity contribution is 0.631. The van der Waals surface area contributed by atoms with Crippen LogP contribution in [-0.2, 0) is 6.42 Å². The van der Waals surface area contributed by atoms with E-state index in [2.05, 4.69) is 22.4 Å². The van der Waals surface area contributed by atoms with Crippen molar-refractivity contribution in [3.05, 3.63) is 35.1 Å². The maximum atomic E-state index is 13.6. The van der Waals surface area contributed by atoms with Gasteiger partial charge in [0, 0.05) is 12.0 Å². The van der Waals surface area contributed by atoms with Crippen molar-refractivity contribution >= 4 is 11.3 Å². The number of nitrogens with one attached hydrogen (secondary N) is 1. The van der Waals surface area contributed by atoms with Gasteiger partial charge in [0.15, 0.2) is 5.01 Å². The van der Waals surface area contributed by atoms with E-state index >= 15 is 0 Å². The molecule has 1 N–H and O–H groups in total. The lowest BCUT2D eigenvalue weighted by atomic mass is 10.2. The Hall–Kier alpha value is -1.33. The van der Waals surface area contributed by atoms with E-state index in [-0.39, 0.29) is 5.82 Å². The molecule has 0 bridgehead atoms. The van der Waals surface area contributed by atoms with E-state index in [1.54, 1.807) is 12.1 Å². The van der Waals surface area contributed by atoms with Crippen LogP contribution < -0.4 is 5.32 Å². The molecule has 2 aromatic rings. The van der Waals surface area contributed by atoms with Gasteiger partial charge in [0.05, 0.1) is 0 Å². The molecule has 102 valence electrons. The minimum atomic E-state index is -0.241. The molecular weight excluding hydrogens is 261 g/mol. The molecule has 0 fully saturated rings. The second-order valence-electron chi connectivity index (χ2n) is 4.33. The van der Waals surface area contributed by atoms with E-state index in [4.69, 9.17) is 0 Å². The van der Waals surface area contributed by atoms with Crippen LogP contribution in [0.15, 0.2) is 24.3 Å². The van der Waals surface area contributed by atoms with E-state index < -0.39 is 0 Å². The molecule has 2 rings (SSSR count). The van der Waals surface area contributed by atoms with Gasteiger partial charge in [-0.1, -0.05) is 30.4 Å². The molecule has 1 heterocycles.